The van der Waals surface area contributed by atoms with Crippen LogP contribution in [0.3, 0.4) is 0 Å². The van der Waals surface area contributed by atoms with Crippen molar-refractivity contribution in [2.45, 2.75) is 45.1 Å². The lowest BCUT2D eigenvalue weighted by Gasteiger charge is -2.17. The molecule has 2 atom stereocenters. The predicted molar refractivity (Wildman–Crippen MR) is 83.1 cm³/mol. The van der Waals surface area contributed by atoms with Crippen LogP contribution in [-0.4, -0.2) is 23.0 Å². The number of nitrogens with one attached hydrogen (secondary N) is 1. The summed E-state index contributed by atoms with van der Waals surface area (Å²) < 4.78 is 0. The number of hydrogen-bond donors (Lipinski definition) is 2. The smallest absolute Gasteiger partial charge is 0.326 e. The second-order valence-electron chi connectivity index (χ2n) is 4.98. The van der Waals surface area contributed by atoms with Gasteiger partial charge in [0.2, 0.25) is 5.91 Å². The zero-order valence-electron chi connectivity index (χ0n) is 12.6. The van der Waals surface area contributed by atoms with E-state index in [9.17, 15) is 9.59 Å². The minimum Gasteiger partial charge on any atom is -0.480 e. The summed E-state index contributed by atoms with van der Waals surface area (Å²) in [6.45, 7) is 3.85. The summed E-state index contributed by atoms with van der Waals surface area (Å²) in [5, 5.41) is 11.7. The molecular weight excluding hydrogens is 266 g/mol. The van der Waals surface area contributed by atoms with Gasteiger partial charge in [0.25, 0.3) is 0 Å². The summed E-state index contributed by atoms with van der Waals surface area (Å²) in [4.78, 5) is 23.2. The van der Waals surface area contributed by atoms with Gasteiger partial charge in [-0.25, -0.2) is 4.79 Å². The van der Waals surface area contributed by atoms with Crippen molar-refractivity contribution in [3.05, 3.63) is 48.0 Å². The first-order chi connectivity index (χ1) is 10.1. The molecule has 4 nitrogen and oxygen atoms in total. The highest BCUT2D eigenvalue weighted by Crippen LogP contribution is 2.22. The van der Waals surface area contributed by atoms with E-state index in [0.29, 0.717) is 12.8 Å². The maximum Gasteiger partial charge on any atom is 0.326 e. The second-order valence-corrected chi connectivity index (χ2v) is 4.98. The van der Waals surface area contributed by atoms with Gasteiger partial charge < -0.3 is 10.4 Å². The Kier molecular flexibility index (Phi) is 7.23. The number of benzene rings is 1. The number of allylic oxidation sites excluding steroid dienone is 1. The minimum atomic E-state index is -1.01. The number of carbonyl (C=O) groups excluding carboxylic acids is 1. The molecule has 1 aromatic carbocycles. The standard InChI is InChI=1S/C17H23NO3/c1-3-5-11-15(17(20)21)18-16(19)12-13(4-2)14-9-7-6-8-10-14/h3,5-10,13,15H,4,11-12H2,1-2H3,(H,18,19)(H,20,21)/b5-3+. The SMILES string of the molecule is C/C=C/CC(NC(=O)CC(CC)c1ccccc1)C(=O)O. The zero-order chi connectivity index (χ0) is 15.7. The van der Waals surface area contributed by atoms with Gasteiger partial charge in [-0.15, -0.1) is 0 Å². The molecule has 1 aromatic rings. The van der Waals surface area contributed by atoms with Gasteiger partial charge in [0.15, 0.2) is 0 Å². The molecule has 0 aliphatic carbocycles. The first kappa shape index (κ1) is 17.0. The first-order valence-electron chi connectivity index (χ1n) is 7.26. The molecule has 0 spiro atoms. The summed E-state index contributed by atoms with van der Waals surface area (Å²) in [6.07, 6.45) is 4.97. The molecule has 1 amide bonds. The lowest BCUT2D eigenvalue weighted by atomic mass is 9.93. The van der Waals surface area contributed by atoms with E-state index in [-0.39, 0.29) is 11.8 Å². The molecule has 0 bridgehead atoms. The van der Waals surface area contributed by atoms with Gasteiger partial charge in [-0.05, 0) is 31.2 Å². The van der Waals surface area contributed by atoms with Crippen LogP contribution < -0.4 is 5.32 Å². The third-order valence-corrected chi connectivity index (χ3v) is 3.44. The number of carboxylic acid groups (broad SMARTS) is 1. The Hall–Kier alpha value is -2.10. The van der Waals surface area contributed by atoms with Crippen LogP contribution in [0, 0.1) is 0 Å². The van der Waals surface area contributed by atoms with Gasteiger partial charge in [0.05, 0.1) is 0 Å². The normalized spacial score (nSPS) is 13.8. The van der Waals surface area contributed by atoms with Crippen molar-refractivity contribution in [2.75, 3.05) is 0 Å². The molecule has 21 heavy (non-hydrogen) atoms. The Balaban J connectivity index is 2.63. The first-order valence-corrected chi connectivity index (χ1v) is 7.26. The van der Waals surface area contributed by atoms with Crippen molar-refractivity contribution in [1.82, 2.24) is 5.32 Å². The van der Waals surface area contributed by atoms with Crippen molar-refractivity contribution in [3.8, 4) is 0 Å². The lowest BCUT2D eigenvalue weighted by Crippen LogP contribution is -2.40. The van der Waals surface area contributed by atoms with Gasteiger partial charge in [0.1, 0.15) is 6.04 Å². The maximum absolute atomic E-state index is 12.1. The van der Waals surface area contributed by atoms with Crippen molar-refractivity contribution in [3.63, 3.8) is 0 Å². The summed E-state index contributed by atoms with van der Waals surface area (Å²) >= 11 is 0. The number of rotatable bonds is 8. The van der Waals surface area contributed by atoms with Gasteiger partial charge in [-0.2, -0.15) is 0 Å². The molecule has 0 saturated carbocycles. The van der Waals surface area contributed by atoms with Crippen LogP contribution in [0.25, 0.3) is 0 Å². The quantitative estimate of drug-likeness (QED) is 0.723. The van der Waals surface area contributed by atoms with E-state index in [4.69, 9.17) is 5.11 Å². The van der Waals surface area contributed by atoms with E-state index in [2.05, 4.69) is 5.32 Å². The minimum absolute atomic E-state index is 0.113. The van der Waals surface area contributed by atoms with E-state index in [0.717, 1.165) is 12.0 Å². The Morgan fingerprint density at radius 3 is 2.48 bits per heavy atom. The zero-order valence-corrected chi connectivity index (χ0v) is 12.6. The Bertz CT molecular complexity index is 482. The van der Waals surface area contributed by atoms with Crippen molar-refractivity contribution < 1.29 is 14.7 Å². The van der Waals surface area contributed by atoms with Gasteiger partial charge in [-0.1, -0.05) is 49.4 Å². The molecule has 2 N–H and O–H groups in total. The average Bonchev–Trinajstić information content (AvgIpc) is 2.49. The van der Waals surface area contributed by atoms with E-state index in [1.54, 1.807) is 12.2 Å². The molecule has 0 aromatic heterocycles. The van der Waals surface area contributed by atoms with E-state index in [1.165, 1.54) is 0 Å². The molecule has 2 unspecified atom stereocenters. The molecule has 0 fully saturated rings. The fourth-order valence-corrected chi connectivity index (χ4v) is 2.19. The summed E-state index contributed by atoms with van der Waals surface area (Å²) in [5.74, 6) is -1.11. The van der Waals surface area contributed by atoms with Crippen LogP contribution in [0.5, 0.6) is 0 Å². The van der Waals surface area contributed by atoms with Crippen LogP contribution in [0.15, 0.2) is 42.5 Å². The maximum atomic E-state index is 12.1. The highest BCUT2D eigenvalue weighted by Gasteiger charge is 2.20. The Morgan fingerprint density at radius 2 is 1.95 bits per heavy atom. The summed E-state index contributed by atoms with van der Waals surface area (Å²) in [5.41, 5.74) is 1.11. The second kappa shape index (κ2) is 8.95. The third kappa shape index (κ3) is 5.81. The number of carbonyl (C=O) groups is 2. The van der Waals surface area contributed by atoms with Crippen molar-refractivity contribution >= 4 is 11.9 Å². The summed E-state index contributed by atoms with van der Waals surface area (Å²) in [7, 11) is 0. The molecule has 0 aliphatic heterocycles. The fourth-order valence-electron chi connectivity index (χ4n) is 2.19. The highest BCUT2D eigenvalue weighted by molar-refractivity contribution is 5.84. The molecule has 0 aliphatic rings. The number of amides is 1. The van der Waals surface area contributed by atoms with Crippen LogP contribution in [-0.2, 0) is 9.59 Å². The fraction of sp³-hybridized carbons (Fsp3) is 0.412. The summed E-state index contributed by atoms with van der Waals surface area (Å²) in [6, 6.07) is 8.96. The van der Waals surface area contributed by atoms with Crippen LogP contribution in [0.2, 0.25) is 0 Å². The number of carboxylic acids is 1. The molecule has 0 saturated heterocycles. The van der Waals surface area contributed by atoms with Gasteiger partial charge in [-0.3, -0.25) is 4.79 Å². The third-order valence-electron chi connectivity index (χ3n) is 3.44. The van der Waals surface area contributed by atoms with E-state index < -0.39 is 12.0 Å². The van der Waals surface area contributed by atoms with Crippen LogP contribution in [0.1, 0.15) is 44.6 Å². The van der Waals surface area contributed by atoms with Gasteiger partial charge in [0, 0.05) is 6.42 Å². The lowest BCUT2D eigenvalue weighted by molar-refractivity contribution is -0.141. The molecule has 0 radical (unpaired) electrons. The Morgan fingerprint density at radius 1 is 1.29 bits per heavy atom. The average molecular weight is 289 g/mol. The molecule has 0 heterocycles. The van der Waals surface area contributed by atoms with E-state index in [1.807, 2.05) is 44.2 Å². The largest absolute Gasteiger partial charge is 0.480 e. The monoisotopic (exact) mass is 289 g/mol. The predicted octanol–water partition coefficient (Wildman–Crippen LogP) is 3.11. The molecule has 4 heteroatoms. The molecule has 114 valence electrons. The van der Waals surface area contributed by atoms with Crippen LogP contribution in [0.4, 0.5) is 0 Å². The number of aliphatic carboxylic acids is 1. The highest BCUT2D eigenvalue weighted by atomic mass is 16.4. The van der Waals surface area contributed by atoms with Gasteiger partial charge >= 0.3 is 5.97 Å². The molecule has 1 rings (SSSR count). The van der Waals surface area contributed by atoms with E-state index >= 15 is 0 Å². The van der Waals surface area contributed by atoms with Crippen LogP contribution >= 0.6 is 0 Å². The van der Waals surface area contributed by atoms with Crippen molar-refractivity contribution in [1.29, 1.82) is 0 Å². The number of hydrogen-bond acceptors (Lipinski definition) is 2. The van der Waals surface area contributed by atoms with Crippen molar-refractivity contribution in [2.24, 2.45) is 0 Å². The Labute approximate surface area is 125 Å². The topological polar surface area (TPSA) is 66.4 Å². The molecular formula is C17H23NO3.